The smallest absolute Gasteiger partial charge is 0.216 e. The standard InChI is InChI=1S/C17H16N4S/c1-2-16-19-20-17(22)21(16)18-12-13-8-10-15(11-9-13)14-6-4-3-5-7-14/h3-12H,2H2,1H3,(H,20,22)/b18-12-. The minimum absolute atomic E-state index is 0.508. The Balaban J connectivity index is 1.83. The summed E-state index contributed by atoms with van der Waals surface area (Å²) in [7, 11) is 0. The van der Waals surface area contributed by atoms with Crippen LogP contribution in [0.4, 0.5) is 0 Å². The lowest BCUT2D eigenvalue weighted by Crippen LogP contribution is -1.97. The van der Waals surface area contributed by atoms with Crippen molar-refractivity contribution in [3.63, 3.8) is 0 Å². The summed E-state index contributed by atoms with van der Waals surface area (Å²) in [5, 5.41) is 11.3. The maximum atomic E-state index is 5.17. The van der Waals surface area contributed by atoms with E-state index in [1.165, 1.54) is 11.1 Å². The van der Waals surface area contributed by atoms with Gasteiger partial charge in [0.15, 0.2) is 5.82 Å². The van der Waals surface area contributed by atoms with Crippen LogP contribution in [0.5, 0.6) is 0 Å². The fourth-order valence-electron chi connectivity index (χ4n) is 2.19. The molecule has 0 amide bonds. The molecule has 0 atom stereocenters. The quantitative estimate of drug-likeness (QED) is 0.584. The van der Waals surface area contributed by atoms with E-state index in [2.05, 4.69) is 39.6 Å². The molecular weight excluding hydrogens is 292 g/mol. The Labute approximate surface area is 134 Å². The molecule has 4 nitrogen and oxygen atoms in total. The van der Waals surface area contributed by atoms with E-state index in [1.807, 2.05) is 37.3 Å². The summed E-state index contributed by atoms with van der Waals surface area (Å²) in [6.07, 6.45) is 2.57. The molecular formula is C17H16N4S. The average molecular weight is 308 g/mol. The van der Waals surface area contributed by atoms with Crippen LogP contribution in [-0.2, 0) is 6.42 Å². The topological polar surface area (TPSA) is 46.0 Å². The Morgan fingerprint density at radius 2 is 1.77 bits per heavy atom. The zero-order valence-electron chi connectivity index (χ0n) is 12.2. The molecule has 0 saturated heterocycles. The van der Waals surface area contributed by atoms with Crippen molar-refractivity contribution in [1.29, 1.82) is 0 Å². The van der Waals surface area contributed by atoms with Crippen molar-refractivity contribution >= 4 is 18.4 Å². The summed E-state index contributed by atoms with van der Waals surface area (Å²) in [5.41, 5.74) is 3.41. The summed E-state index contributed by atoms with van der Waals surface area (Å²) >= 11 is 5.17. The summed E-state index contributed by atoms with van der Waals surface area (Å²) in [4.78, 5) is 0. The van der Waals surface area contributed by atoms with E-state index in [0.717, 1.165) is 17.8 Å². The molecule has 110 valence electrons. The van der Waals surface area contributed by atoms with Gasteiger partial charge in [0.05, 0.1) is 6.21 Å². The monoisotopic (exact) mass is 308 g/mol. The van der Waals surface area contributed by atoms with Crippen molar-refractivity contribution in [1.82, 2.24) is 14.9 Å². The molecule has 2 aromatic carbocycles. The summed E-state index contributed by atoms with van der Waals surface area (Å²) < 4.78 is 2.16. The molecule has 1 heterocycles. The highest BCUT2D eigenvalue weighted by Crippen LogP contribution is 2.18. The maximum absolute atomic E-state index is 5.17. The van der Waals surface area contributed by atoms with Gasteiger partial charge in [0.2, 0.25) is 4.77 Å². The van der Waals surface area contributed by atoms with Crippen LogP contribution in [0, 0.1) is 4.77 Å². The molecule has 0 aliphatic heterocycles. The summed E-state index contributed by atoms with van der Waals surface area (Å²) in [6, 6.07) is 18.6. The average Bonchev–Trinajstić information content (AvgIpc) is 2.94. The predicted molar refractivity (Wildman–Crippen MR) is 91.7 cm³/mol. The Morgan fingerprint density at radius 3 is 2.45 bits per heavy atom. The lowest BCUT2D eigenvalue weighted by Gasteiger charge is -2.02. The van der Waals surface area contributed by atoms with Crippen molar-refractivity contribution in [2.45, 2.75) is 13.3 Å². The highest BCUT2D eigenvalue weighted by atomic mass is 32.1. The summed E-state index contributed by atoms with van der Waals surface area (Å²) in [5.74, 6) is 0.821. The van der Waals surface area contributed by atoms with Gasteiger partial charge in [-0.2, -0.15) is 14.9 Å². The second kappa shape index (κ2) is 6.49. The van der Waals surface area contributed by atoms with Crippen LogP contribution < -0.4 is 0 Å². The van der Waals surface area contributed by atoms with E-state index in [1.54, 1.807) is 10.9 Å². The number of rotatable bonds is 4. The fourth-order valence-corrected chi connectivity index (χ4v) is 2.39. The normalized spacial score (nSPS) is 11.1. The van der Waals surface area contributed by atoms with Crippen molar-refractivity contribution < 1.29 is 0 Å². The predicted octanol–water partition coefficient (Wildman–Crippen LogP) is 4.05. The Bertz CT molecular complexity index is 829. The Hall–Kier alpha value is -2.53. The Morgan fingerprint density at radius 1 is 1.09 bits per heavy atom. The molecule has 1 aromatic heterocycles. The molecule has 0 aliphatic rings. The molecule has 0 unspecified atom stereocenters. The van der Waals surface area contributed by atoms with Gasteiger partial charge in [0.1, 0.15) is 0 Å². The molecule has 0 bridgehead atoms. The highest BCUT2D eigenvalue weighted by Gasteiger charge is 2.01. The molecule has 5 heteroatoms. The van der Waals surface area contributed by atoms with Crippen LogP contribution in [0.3, 0.4) is 0 Å². The largest absolute Gasteiger partial charge is 0.250 e. The van der Waals surface area contributed by atoms with Gasteiger partial charge in [0, 0.05) is 6.42 Å². The van der Waals surface area contributed by atoms with Gasteiger partial charge in [-0.25, -0.2) is 0 Å². The third kappa shape index (κ3) is 3.04. The minimum atomic E-state index is 0.508. The second-order valence-electron chi connectivity index (χ2n) is 4.84. The highest BCUT2D eigenvalue weighted by molar-refractivity contribution is 7.71. The number of nitrogens with one attached hydrogen (secondary N) is 1. The SMILES string of the molecule is CCc1n[nH]c(=S)n1/N=C\c1ccc(-c2ccccc2)cc1. The van der Waals surface area contributed by atoms with Crippen molar-refractivity contribution in [2.24, 2.45) is 5.10 Å². The number of aryl methyl sites for hydroxylation is 1. The van der Waals surface area contributed by atoms with Crippen LogP contribution in [0.2, 0.25) is 0 Å². The van der Waals surface area contributed by atoms with Gasteiger partial charge < -0.3 is 0 Å². The van der Waals surface area contributed by atoms with Gasteiger partial charge in [0.25, 0.3) is 0 Å². The van der Waals surface area contributed by atoms with E-state index >= 15 is 0 Å². The molecule has 0 fully saturated rings. The lowest BCUT2D eigenvalue weighted by molar-refractivity contribution is 0.780. The molecule has 3 aromatic rings. The third-order valence-electron chi connectivity index (χ3n) is 3.37. The number of benzene rings is 2. The van der Waals surface area contributed by atoms with E-state index in [0.29, 0.717) is 4.77 Å². The Kier molecular flexibility index (Phi) is 4.25. The van der Waals surface area contributed by atoms with E-state index in [-0.39, 0.29) is 0 Å². The lowest BCUT2D eigenvalue weighted by atomic mass is 10.0. The van der Waals surface area contributed by atoms with Crippen molar-refractivity contribution in [2.75, 3.05) is 0 Å². The molecule has 22 heavy (non-hydrogen) atoms. The van der Waals surface area contributed by atoms with Crippen LogP contribution >= 0.6 is 12.2 Å². The number of aromatic nitrogens is 3. The van der Waals surface area contributed by atoms with Crippen molar-refractivity contribution in [3.8, 4) is 11.1 Å². The van der Waals surface area contributed by atoms with Gasteiger partial charge >= 0.3 is 0 Å². The van der Waals surface area contributed by atoms with Gasteiger partial charge in [-0.05, 0) is 28.9 Å². The van der Waals surface area contributed by atoms with Crippen LogP contribution in [0.1, 0.15) is 18.3 Å². The molecule has 0 spiro atoms. The van der Waals surface area contributed by atoms with Gasteiger partial charge in [-0.3, -0.25) is 5.10 Å². The zero-order valence-corrected chi connectivity index (χ0v) is 13.0. The maximum Gasteiger partial charge on any atom is 0.216 e. The number of H-pyrrole nitrogens is 1. The fraction of sp³-hybridized carbons (Fsp3) is 0.118. The van der Waals surface area contributed by atoms with E-state index < -0.39 is 0 Å². The van der Waals surface area contributed by atoms with Gasteiger partial charge in [-0.15, -0.1) is 0 Å². The van der Waals surface area contributed by atoms with Crippen LogP contribution in [0.25, 0.3) is 11.1 Å². The second-order valence-corrected chi connectivity index (χ2v) is 5.23. The van der Waals surface area contributed by atoms with Crippen LogP contribution in [-0.4, -0.2) is 21.1 Å². The number of aromatic amines is 1. The first-order valence-electron chi connectivity index (χ1n) is 7.14. The minimum Gasteiger partial charge on any atom is -0.250 e. The first-order chi connectivity index (χ1) is 10.8. The van der Waals surface area contributed by atoms with Crippen molar-refractivity contribution in [3.05, 3.63) is 70.8 Å². The molecule has 0 aliphatic carbocycles. The van der Waals surface area contributed by atoms with Crippen LogP contribution in [0.15, 0.2) is 59.7 Å². The molecule has 0 radical (unpaired) electrons. The first-order valence-corrected chi connectivity index (χ1v) is 7.55. The third-order valence-corrected chi connectivity index (χ3v) is 3.64. The first kappa shape index (κ1) is 14.4. The van der Waals surface area contributed by atoms with Gasteiger partial charge in [-0.1, -0.05) is 61.5 Å². The number of hydrogen-bond acceptors (Lipinski definition) is 3. The number of nitrogens with zero attached hydrogens (tertiary/aromatic N) is 3. The zero-order chi connectivity index (χ0) is 15.4. The molecule has 3 rings (SSSR count). The van der Waals surface area contributed by atoms with E-state index in [9.17, 15) is 0 Å². The molecule has 1 N–H and O–H groups in total. The van der Waals surface area contributed by atoms with E-state index in [4.69, 9.17) is 12.2 Å². The summed E-state index contributed by atoms with van der Waals surface area (Å²) in [6.45, 7) is 2.02. The number of hydrogen-bond donors (Lipinski definition) is 1. The molecule has 0 saturated carbocycles.